The van der Waals surface area contributed by atoms with E-state index >= 15 is 0 Å². The Hall–Kier alpha value is -0.120. The van der Waals surface area contributed by atoms with E-state index in [1.807, 2.05) is 0 Å². The standard InChI is InChI=1S/C11H24N2O/c1-10-7-12-8-11(10)9-13(2)5-4-6-14-3/h10-12H,4-9H2,1-3H3/t10-,11+/m1/s1. The van der Waals surface area contributed by atoms with E-state index in [2.05, 4.69) is 24.2 Å². The third kappa shape index (κ3) is 3.95. The molecule has 1 fully saturated rings. The fourth-order valence-corrected chi connectivity index (χ4v) is 2.08. The molecule has 1 heterocycles. The summed E-state index contributed by atoms with van der Waals surface area (Å²) in [5, 5.41) is 3.44. The SMILES string of the molecule is COCCCN(C)C[C@@H]1CNC[C@H]1C. The average molecular weight is 200 g/mol. The quantitative estimate of drug-likeness (QED) is 0.642. The van der Waals surface area contributed by atoms with Crippen LogP contribution in [0.4, 0.5) is 0 Å². The summed E-state index contributed by atoms with van der Waals surface area (Å²) in [5.74, 6) is 1.67. The van der Waals surface area contributed by atoms with Crippen molar-refractivity contribution in [2.45, 2.75) is 13.3 Å². The molecule has 0 radical (unpaired) electrons. The van der Waals surface area contributed by atoms with Gasteiger partial charge in [0.05, 0.1) is 0 Å². The first-order valence-corrected chi connectivity index (χ1v) is 5.62. The maximum Gasteiger partial charge on any atom is 0.0474 e. The summed E-state index contributed by atoms with van der Waals surface area (Å²) in [6.45, 7) is 7.97. The maximum absolute atomic E-state index is 5.04. The Morgan fingerprint density at radius 2 is 2.21 bits per heavy atom. The molecule has 1 aliphatic heterocycles. The van der Waals surface area contributed by atoms with Crippen LogP contribution in [0.2, 0.25) is 0 Å². The second-order valence-corrected chi connectivity index (χ2v) is 4.50. The third-order valence-electron chi connectivity index (χ3n) is 3.11. The van der Waals surface area contributed by atoms with Gasteiger partial charge in [0, 0.05) is 26.8 Å². The first-order chi connectivity index (χ1) is 6.74. The molecule has 0 saturated carbocycles. The van der Waals surface area contributed by atoms with Crippen molar-refractivity contribution in [3.8, 4) is 0 Å². The fraction of sp³-hybridized carbons (Fsp3) is 1.00. The van der Waals surface area contributed by atoms with Crippen LogP contribution in [-0.4, -0.2) is 51.8 Å². The fourth-order valence-electron chi connectivity index (χ4n) is 2.08. The highest BCUT2D eigenvalue weighted by atomic mass is 16.5. The lowest BCUT2D eigenvalue weighted by Gasteiger charge is -2.22. The van der Waals surface area contributed by atoms with Crippen LogP contribution < -0.4 is 5.32 Å². The van der Waals surface area contributed by atoms with Gasteiger partial charge in [-0.15, -0.1) is 0 Å². The second-order valence-electron chi connectivity index (χ2n) is 4.50. The molecule has 3 heteroatoms. The lowest BCUT2D eigenvalue weighted by atomic mass is 9.98. The van der Waals surface area contributed by atoms with E-state index in [-0.39, 0.29) is 0 Å². The molecule has 1 N–H and O–H groups in total. The Bertz CT molecular complexity index is 152. The molecule has 0 aromatic carbocycles. The van der Waals surface area contributed by atoms with Crippen molar-refractivity contribution in [3.63, 3.8) is 0 Å². The molecule has 0 aromatic rings. The predicted octanol–water partition coefficient (Wildman–Crippen LogP) is 0.810. The van der Waals surface area contributed by atoms with Crippen LogP contribution in [0.15, 0.2) is 0 Å². The van der Waals surface area contributed by atoms with Crippen molar-refractivity contribution in [1.29, 1.82) is 0 Å². The summed E-state index contributed by atoms with van der Waals surface area (Å²) in [4.78, 5) is 2.42. The molecule has 2 atom stereocenters. The summed E-state index contributed by atoms with van der Waals surface area (Å²) >= 11 is 0. The molecule has 14 heavy (non-hydrogen) atoms. The molecular formula is C11H24N2O. The van der Waals surface area contributed by atoms with Gasteiger partial charge in [-0.05, 0) is 38.4 Å². The lowest BCUT2D eigenvalue weighted by Crippen LogP contribution is -2.30. The van der Waals surface area contributed by atoms with Gasteiger partial charge in [-0.1, -0.05) is 6.92 Å². The zero-order valence-electron chi connectivity index (χ0n) is 9.75. The van der Waals surface area contributed by atoms with Gasteiger partial charge in [0.25, 0.3) is 0 Å². The normalized spacial score (nSPS) is 27.4. The monoisotopic (exact) mass is 200 g/mol. The molecular weight excluding hydrogens is 176 g/mol. The Morgan fingerprint density at radius 1 is 1.43 bits per heavy atom. The summed E-state index contributed by atoms with van der Waals surface area (Å²) < 4.78 is 5.04. The van der Waals surface area contributed by atoms with Crippen LogP contribution in [0.3, 0.4) is 0 Å². The van der Waals surface area contributed by atoms with Gasteiger partial charge >= 0.3 is 0 Å². The van der Waals surface area contributed by atoms with Crippen LogP contribution in [-0.2, 0) is 4.74 Å². The van der Waals surface area contributed by atoms with Gasteiger partial charge in [-0.3, -0.25) is 0 Å². The Labute approximate surface area is 87.8 Å². The molecule has 1 aliphatic rings. The predicted molar refractivity (Wildman–Crippen MR) is 59.5 cm³/mol. The number of ether oxygens (including phenoxy) is 1. The van der Waals surface area contributed by atoms with E-state index in [1.165, 1.54) is 19.6 Å². The number of rotatable bonds is 6. The van der Waals surface area contributed by atoms with Crippen molar-refractivity contribution in [2.24, 2.45) is 11.8 Å². The van der Waals surface area contributed by atoms with Crippen molar-refractivity contribution < 1.29 is 4.74 Å². The van der Waals surface area contributed by atoms with E-state index in [1.54, 1.807) is 7.11 Å². The zero-order chi connectivity index (χ0) is 10.4. The number of nitrogens with zero attached hydrogens (tertiary/aromatic N) is 1. The summed E-state index contributed by atoms with van der Waals surface area (Å²) in [6, 6.07) is 0. The zero-order valence-corrected chi connectivity index (χ0v) is 9.75. The minimum Gasteiger partial charge on any atom is -0.385 e. The van der Waals surface area contributed by atoms with Crippen LogP contribution >= 0.6 is 0 Å². The first kappa shape index (κ1) is 12.0. The summed E-state index contributed by atoms with van der Waals surface area (Å²) in [5.41, 5.74) is 0. The first-order valence-electron chi connectivity index (χ1n) is 5.62. The highest BCUT2D eigenvalue weighted by Gasteiger charge is 2.23. The second kappa shape index (κ2) is 6.38. The van der Waals surface area contributed by atoms with E-state index in [4.69, 9.17) is 4.74 Å². The van der Waals surface area contributed by atoms with Gasteiger partial charge in [-0.2, -0.15) is 0 Å². The van der Waals surface area contributed by atoms with Crippen LogP contribution in [0.5, 0.6) is 0 Å². The van der Waals surface area contributed by atoms with Gasteiger partial charge < -0.3 is 15.0 Å². The van der Waals surface area contributed by atoms with E-state index in [0.29, 0.717) is 0 Å². The minimum atomic E-state index is 0.833. The van der Waals surface area contributed by atoms with Gasteiger partial charge in [0.1, 0.15) is 0 Å². The lowest BCUT2D eigenvalue weighted by molar-refractivity contribution is 0.172. The number of methoxy groups -OCH3 is 1. The third-order valence-corrected chi connectivity index (χ3v) is 3.11. The highest BCUT2D eigenvalue weighted by Crippen LogP contribution is 2.16. The molecule has 0 aromatic heterocycles. The minimum absolute atomic E-state index is 0.833. The van der Waals surface area contributed by atoms with Crippen molar-refractivity contribution >= 4 is 0 Å². The number of nitrogens with one attached hydrogen (secondary N) is 1. The topological polar surface area (TPSA) is 24.5 Å². The number of hydrogen-bond donors (Lipinski definition) is 1. The molecule has 0 aliphatic carbocycles. The Morgan fingerprint density at radius 3 is 2.79 bits per heavy atom. The summed E-state index contributed by atoms with van der Waals surface area (Å²) in [7, 11) is 3.98. The van der Waals surface area contributed by atoms with Crippen LogP contribution in [0, 0.1) is 11.8 Å². The van der Waals surface area contributed by atoms with Crippen molar-refractivity contribution in [2.75, 3.05) is 46.9 Å². The molecule has 0 spiro atoms. The molecule has 3 nitrogen and oxygen atoms in total. The van der Waals surface area contributed by atoms with Crippen LogP contribution in [0.25, 0.3) is 0 Å². The Kier molecular flexibility index (Phi) is 5.45. The van der Waals surface area contributed by atoms with E-state index < -0.39 is 0 Å². The molecule has 84 valence electrons. The Balaban J connectivity index is 2.09. The van der Waals surface area contributed by atoms with Crippen LogP contribution in [0.1, 0.15) is 13.3 Å². The summed E-state index contributed by atoms with van der Waals surface area (Å²) in [6.07, 6.45) is 1.14. The highest BCUT2D eigenvalue weighted by molar-refractivity contribution is 4.79. The molecule has 1 saturated heterocycles. The van der Waals surface area contributed by atoms with Crippen molar-refractivity contribution in [1.82, 2.24) is 10.2 Å². The van der Waals surface area contributed by atoms with E-state index in [0.717, 1.165) is 31.4 Å². The molecule has 0 bridgehead atoms. The average Bonchev–Trinajstić information content (AvgIpc) is 2.52. The molecule has 1 rings (SSSR count). The smallest absolute Gasteiger partial charge is 0.0474 e. The van der Waals surface area contributed by atoms with Gasteiger partial charge in [-0.25, -0.2) is 0 Å². The van der Waals surface area contributed by atoms with Gasteiger partial charge in [0.2, 0.25) is 0 Å². The number of hydrogen-bond acceptors (Lipinski definition) is 3. The maximum atomic E-state index is 5.04. The van der Waals surface area contributed by atoms with Gasteiger partial charge in [0.15, 0.2) is 0 Å². The van der Waals surface area contributed by atoms with Crippen molar-refractivity contribution in [3.05, 3.63) is 0 Å². The molecule has 0 amide bonds. The van der Waals surface area contributed by atoms with E-state index in [9.17, 15) is 0 Å². The molecule has 0 unspecified atom stereocenters. The largest absolute Gasteiger partial charge is 0.385 e.